The van der Waals surface area contributed by atoms with E-state index in [0.29, 0.717) is 24.4 Å². The maximum atomic E-state index is 11.9. The number of carbonyl (C=O) groups excluding carboxylic acids is 1. The molecule has 0 bridgehead atoms. The molecule has 1 aromatic carbocycles. The van der Waals surface area contributed by atoms with Crippen LogP contribution in [0.1, 0.15) is 17.3 Å². The van der Waals surface area contributed by atoms with Crippen molar-refractivity contribution >= 4 is 5.91 Å². The Kier molecular flexibility index (Phi) is 2.59. The van der Waals surface area contributed by atoms with Crippen LogP contribution in [0.3, 0.4) is 0 Å². The van der Waals surface area contributed by atoms with Crippen LogP contribution in [0, 0.1) is 0 Å². The summed E-state index contributed by atoms with van der Waals surface area (Å²) >= 11 is 0. The van der Waals surface area contributed by atoms with Gasteiger partial charge in [0.1, 0.15) is 5.75 Å². The Hall–Kier alpha value is -1.55. The molecule has 2 rings (SSSR count). The van der Waals surface area contributed by atoms with Gasteiger partial charge in [-0.2, -0.15) is 0 Å². The van der Waals surface area contributed by atoms with E-state index in [2.05, 4.69) is 0 Å². The third-order valence-electron chi connectivity index (χ3n) is 2.67. The number of methoxy groups -OCH3 is 1. The van der Waals surface area contributed by atoms with Crippen LogP contribution in [-0.2, 0) is 0 Å². The number of benzene rings is 1. The van der Waals surface area contributed by atoms with Crippen molar-refractivity contribution in [3.63, 3.8) is 0 Å². The molecule has 0 unspecified atom stereocenters. The van der Waals surface area contributed by atoms with E-state index in [4.69, 9.17) is 4.74 Å². The van der Waals surface area contributed by atoms with Gasteiger partial charge in [-0.15, -0.1) is 0 Å². The molecule has 86 valence electrons. The molecule has 16 heavy (non-hydrogen) atoms. The van der Waals surface area contributed by atoms with Gasteiger partial charge in [-0.25, -0.2) is 0 Å². The molecule has 0 spiro atoms. The largest absolute Gasteiger partial charge is 0.497 e. The van der Waals surface area contributed by atoms with Crippen LogP contribution >= 0.6 is 0 Å². The standard InChI is InChI=1S/C12H15NO3/c1-12(15)7-13(8-12)11(14)9-4-3-5-10(6-9)16-2/h3-6,15H,7-8H2,1-2H3. The minimum Gasteiger partial charge on any atom is -0.497 e. The van der Waals surface area contributed by atoms with Crippen molar-refractivity contribution in [2.45, 2.75) is 12.5 Å². The number of hydrogen-bond donors (Lipinski definition) is 1. The third-order valence-corrected chi connectivity index (χ3v) is 2.67. The van der Waals surface area contributed by atoms with E-state index in [1.165, 1.54) is 0 Å². The van der Waals surface area contributed by atoms with Gasteiger partial charge >= 0.3 is 0 Å². The van der Waals surface area contributed by atoms with Gasteiger partial charge in [0, 0.05) is 5.56 Å². The molecule has 1 saturated heterocycles. The fraction of sp³-hybridized carbons (Fsp3) is 0.417. The fourth-order valence-corrected chi connectivity index (χ4v) is 1.86. The third kappa shape index (κ3) is 2.02. The second-order valence-electron chi connectivity index (χ2n) is 4.39. The first-order valence-electron chi connectivity index (χ1n) is 5.17. The van der Waals surface area contributed by atoms with E-state index in [0.717, 1.165) is 0 Å². The normalized spacial score (nSPS) is 17.8. The van der Waals surface area contributed by atoms with E-state index in [-0.39, 0.29) is 5.91 Å². The Labute approximate surface area is 94.4 Å². The number of nitrogens with zero attached hydrogens (tertiary/aromatic N) is 1. The van der Waals surface area contributed by atoms with Crippen LogP contribution in [0.25, 0.3) is 0 Å². The zero-order valence-corrected chi connectivity index (χ0v) is 9.43. The van der Waals surface area contributed by atoms with Gasteiger partial charge in [-0.3, -0.25) is 4.79 Å². The van der Waals surface area contributed by atoms with Crippen LogP contribution in [0.4, 0.5) is 0 Å². The number of carbonyl (C=O) groups is 1. The topological polar surface area (TPSA) is 49.8 Å². The molecule has 0 aromatic heterocycles. The average Bonchev–Trinajstić information content (AvgIpc) is 2.25. The maximum Gasteiger partial charge on any atom is 0.254 e. The van der Waals surface area contributed by atoms with E-state index in [1.807, 2.05) is 0 Å². The number of amides is 1. The summed E-state index contributed by atoms with van der Waals surface area (Å²) in [5, 5.41) is 9.56. The first-order chi connectivity index (χ1) is 7.52. The maximum absolute atomic E-state index is 11.9. The molecule has 0 saturated carbocycles. The summed E-state index contributed by atoms with van der Waals surface area (Å²) in [4.78, 5) is 13.6. The molecule has 1 aromatic rings. The molecule has 0 atom stereocenters. The zero-order valence-electron chi connectivity index (χ0n) is 9.43. The van der Waals surface area contributed by atoms with Crippen LogP contribution in [0.5, 0.6) is 5.75 Å². The van der Waals surface area contributed by atoms with Crippen molar-refractivity contribution in [3.05, 3.63) is 29.8 Å². The van der Waals surface area contributed by atoms with Crippen LogP contribution in [-0.4, -0.2) is 41.7 Å². The molecule has 1 aliphatic heterocycles. The summed E-state index contributed by atoms with van der Waals surface area (Å²) in [6.07, 6.45) is 0. The van der Waals surface area contributed by atoms with E-state index >= 15 is 0 Å². The Morgan fingerprint density at radius 3 is 2.75 bits per heavy atom. The van der Waals surface area contributed by atoms with Crippen molar-refractivity contribution in [1.29, 1.82) is 0 Å². The second kappa shape index (κ2) is 3.79. The van der Waals surface area contributed by atoms with E-state index in [9.17, 15) is 9.90 Å². The molecule has 1 amide bonds. The first kappa shape index (κ1) is 11.0. The van der Waals surface area contributed by atoms with E-state index in [1.54, 1.807) is 43.2 Å². The van der Waals surface area contributed by atoms with Gasteiger partial charge in [0.2, 0.25) is 0 Å². The lowest BCUT2D eigenvalue weighted by Gasteiger charge is -2.44. The average molecular weight is 221 g/mol. The van der Waals surface area contributed by atoms with Crippen molar-refractivity contribution in [2.75, 3.05) is 20.2 Å². The zero-order chi connectivity index (χ0) is 11.8. The highest BCUT2D eigenvalue weighted by atomic mass is 16.5. The first-order valence-corrected chi connectivity index (χ1v) is 5.17. The molecular weight excluding hydrogens is 206 g/mol. The predicted molar refractivity (Wildman–Crippen MR) is 59.5 cm³/mol. The number of likely N-dealkylation sites (tertiary alicyclic amines) is 1. The van der Waals surface area contributed by atoms with E-state index < -0.39 is 5.60 Å². The molecule has 4 nitrogen and oxygen atoms in total. The van der Waals surface area contributed by atoms with Crippen molar-refractivity contribution in [3.8, 4) is 5.75 Å². The molecule has 0 aliphatic carbocycles. The number of ether oxygens (including phenoxy) is 1. The Bertz CT molecular complexity index is 406. The lowest BCUT2D eigenvalue weighted by atomic mass is 9.96. The predicted octanol–water partition coefficient (Wildman–Crippen LogP) is 0.902. The monoisotopic (exact) mass is 221 g/mol. The van der Waals surface area contributed by atoms with Crippen molar-refractivity contribution in [2.24, 2.45) is 0 Å². The second-order valence-corrected chi connectivity index (χ2v) is 4.39. The fourth-order valence-electron chi connectivity index (χ4n) is 1.86. The summed E-state index contributed by atoms with van der Waals surface area (Å²) in [7, 11) is 1.57. The van der Waals surface area contributed by atoms with Crippen LogP contribution in [0.15, 0.2) is 24.3 Å². The minimum atomic E-state index is -0.728. The van der Waals surface area contributed by atoms with Gasteiger partial charge < -0.3 is 14.7 Å². The Balaban J connectivity index is 2.10. The van der Waals surface area contributed by atoms with Gasteiger partial charge in [-0.1, -0.05) is 6.07 Å². The summed E-state index contributed by atoms with van der Waals surface area (Å²) in [6, 6.07) is 7.03. The van der Waals surface area contributed by atoms with Crippen molar-refractivity contribution in [1.82, 2.24) is 4.90 Å². The molecule has 1 fully saturated rings. The number of β-amino-alcohol motifs (C(OH)–C–C–N with tert-alkyl or cyclic N) is 1. The summed E-state index contributed by atoms with van der Waals surface area (Å²) in [5.41, 5.74) is -0.135. The Morgan fingerprint density at radius 2 is 2.19 bits per heavy atom. The number of hydrogen-bond acceptors (Lipinski definition) is 3. The Morgan fingerprint density at radius 1 is 1.50 bits per heavy atom. The highest BCUT2D eigenvalue weighted by Gasteiger charge is 2.39. The molecule has 1 N–H and O–H groups in total. The van der Waals surface area contributed by atoms with Gasteiger partial charge in [0.25, 0.3) is 5.91 Å². The highest BCUT2D eigenvalue weighted by Crippen LogP contribution is 2.23. The quantitative estimate of drug-likeness (QED) is 0.807. The molecular formula is C12H15NO3. The summed E-state index contributed by atoms with van der Waals surface area (Å²) in [5.74, 6) is 0.601. The van der Waals surface area contributed by atoms with Crippen LogP contribution < -0.4 is 4.74 Å². The molecule has 0 radical (unpaired) electrons. The van der Waals surface area contributed by atoms with Gasteiger partial charge in [-0.05, 0) is 25.1 Å². The summed E-state index contributed by atoms with van der Waals surface area (Å²) in [6.45, 7) is 2.51. The molecule has 4 heteroatoms. The SMILES string of the molecule is COc1cccc(C(=O)N2CC(C)(O)C2)c1. The highest BCUT2D eigenvalue weighted by molar-refractivity contribution is 5.95. The van der Waals surface area contributed by atoms with Gasteiger partial charge in [0.15, 0.2) is 0 Å². The smallest absolute Gasteiger partial charge is 0.254 e. The van der Waals surface area contributed by atoms with Crippen LogP contribution in [0.2, 0.25) is 0 Å². The lowest BCUT2D eigenvalue weighted by Crippen LogP contribution is -2.61. The lowest BCUT2D eigenvalue weighted by molar-refractivity contribution is -0.0668. The number of aliphatic hydroxyl groups is 1. The molecule has 1 aliphatic rings. The molecule has 1 heterocycles. The van der Waals surface area contributed by atoms with Gasteiger partial charge in [0.05, 0.1) is 25.8 Å². The number of rotatable bonds is 2. The van der Waals surface area contributed by atoms with Crippen molar-refractivity contribution < 1.29 is 14.6 Å². The summed E-state index contributed by atoms with van der Waals surface area (Å²) < 4.78 is 5.06. The minimum absolute atomic E-state index is 0.0644.